The van der Waals surface area contributed by atoms with E-state index in [0.717, 1.165) is 6.21 Å². The van der Waals surface area contributed by atoms with Crippen molar-refractivity contribution in [1.82, 2.24) is 0 Å². The molecular weight excluding hydrogens is 744 g/mol. The van der Waals surface area contributed by atoms with Crippen LogP contribution in [0.3, 0.4) is 0 Å². The molecule has 0 fully saturated rings. The number of hydrogen-bond donors (Lipinski definition) is 0. The van der Waals surface area contributed by atoms with E-state index in [4.69, 9.17) is 18.9 Å². The Balaban J connectivity index is 0. The fourth-order valence-corrected chi connectivity index (χ4v) is 3.56. The number of esters is 4. The SMILES string of the molecule is CC(C)(C)C(=O)OC[C@H](Br)[C@@H](OC(=O)C(C)(C)C)[C@H](F)C=O.CON=C[C@@H](F)[C@H](OC(=O)C(C)(C)C)[C@@H](Br)COC(=O)C(C)(C)C. The van der Waals surface area contributed by atoms with Gasteiger partial charge in [0.25, 0.3) is 0 Å². The molecule has 0 heterocycles. The van der Waals surface area contributed by atoms with Crippen molar-refractivity contribution in [1.29, 1.82) is 0 Å². The number of halogens is 4. The van der Waals surface area contributed by atoms with Gasteiger partial charge >= 0.3 is 23.9 Å². The molecule has 0 amide bonds. The maximum atomic E-state index is 14.3. The van der Waals surface area contributed by atoms with Crippen LogP contribution >= 0.6 is 31.9 Å². The molecule has 268 valence electrons. The van der Waals surface area contributed by atoms with Crippen molar-refractivity contribution in [2.75, 3.05) is 20.3 Å². The summed E-state index contributed by atoms with van der Waals surface area (Å²) in [5, 5.41) is 3.36. The number of alkyl halides is 4. The van der Waals surface area contributed by atoms with Gasteiger partial charge in [0, 0.05) is 0 Å². The molecule has 0 aliphatic heterocycles. The Morgan fingerprint density at radius 2 is 0.935 bits per heavy atom. The standard InChI is InChI=1S/C16H27BrFNO5.C15H24BrFO5/c1-15(2,3)13(20)23-9-10(17)12(11(18)8-19-22-7)24-14(21)16(4,5)6;1-14(2,3)12(19)21-8-9(16)11(10(17)7-18)22-13(20)15(4,5)6/h8,10-12H,9H2,1-7H3;7,9-11H,8H2,1-6H3/t10-,11+,12+;9-,10+,11+/m00/s1. The highest BCUT2D eigenvalue weighted by molar-refractivity contribution is 9.09. The molecule has 0 aliphatic rings. The minimum Gasteiger partial charge on any atom is -0.464 e. The topological polar surface area (TPSA) is 144 Å². The van der Waals surface area contributed by atoms with E-state index in [1.165, 1.54) is 7.11 Å². The quantitative estimate of drug-likeness (QED) is 0.0536. The second kappa shape index (κ2) is 19.6. The monoisotopic (exact) mass is 793 g/mol. The molecule has 0 aliphatic carbocycles. The normalized spacial score (nSPS) is 16.4. The van der Waals surface area contributed by atoms with Crippen LogP contribution in [0.2, 0.25) is 0 Å². The van der Waals surface area contributed by atoms with E-state index < -0.39 is 79.7 Å². The molecule has 0 aromatic carbocycles. The summed E-state index contributed by atoms with van der Waals surface area (Å²) >= 11 is 6.35. The van der Waals surface area contributed by atoms with Gasteiger partial charge in [-0.05, 0) is 83.1 Å². The lowest BCUT2D eigenvalue weighted by Gasteiger charge is -2.28. The van der Waals surface area contributed by atoms with Gasteiger partial charge < -0.3 is 23.8 Å². The lowest BCUT2D eigenvalue weighted by atomic mass is 9.97. The zero-order valence-electron chi connectivity index (χ0n) is 29.1. The molecule has 0 rings (SSSR count). The minimum atomic E-state index is -2.01. The van der Waals surface area contributed by atoms with E-state index in [1.807, 2.05) is 0 Å². The van der Waals surface area contributed by atoms with Crippen LogP contribution in [0, 0.1) is 21.7 Å². The summed E-state index contributed by atoms with van der Waals surface area (Å²) < 4.78 is 48.6. The third-order valence-electron chi connectivity index (χ3n) is 5.46. The maximum Gasteiger partial charge on any atom is 0.311 e. The summed E-state index contributed by atoms with van der Waals surface area (Å²) in [6.45, 7) is 19.6. The Labute approximate surface area is 288 Å². The van der Waals surface area contributed by atoms with E-state index in [9.17, 15) is 32.8 Å². The van der Waals surface area contributed by atoms with Gasteiger partial charge in [0.1, 0.15) is 20.3 Å². The second-order valence-corrected chi connectivity index (χ2v) is 16.8. The smallest absolute Gasteiger partial charge is 0.311 e. The van der Waals surface area contributed by atoms with Gasteiger partial charge in [-0.25, -0.2) is 8.78 Å². The van der Waals surface area contributed by atoms with Gasteiger partial charge in [-0.3, -0.25) is 24.0 Å². The van der Waals surface area contributed by atoms with E-state index >= 15 is 0 Å². The number of nitrogens with zero attached hydrogens (tertiary/aromatic N) is 1. The van der Waals surface area contributed by atoms with Crippen molar-refractivity contribution >= 4 is 68.2 Å². The summed E-state index contributed by atoms with van der Waals surface area (Å²) in [5.74, 6) is -2.13. The number of carbonyl (C=O) groups is 5. The number of ether oxygens (including phenoxy) is 4. The van der Waals surface area contributed by atoms with Crippen molar-refractivity contribution in [3.63, 3.8) is 0 Å². The lowest BCUT2D eigenvalue weighted by Crippen LogP contribution is -2.42. The van der Waals surface area contributed by atoms with E-state index in [2.05, 4.69) is 41.9 Å². The molecule has 0 radical (unpaired) electrons. The Kier molecular flexibility index (Phi) is 19.6. The van der Waals surface area contributed by atoms with Gasteiger partial charge in [0.15, 0.2) is 30.8 Å². The highest BCUT2D eigenvalue weighted by Crippen LogP contribution is 2.25. The first-order chi connectivity index (χ1) is 20.6. The summed E-state index contributed by atoms with van der Waals surface area (Å²) in [5.41, 5.74) is -3.03. The van der Waals surface area contributed by atoms with Crippen molar-refractivity contribution in [2.45, 2.75) is 117 Å². The van der Waals surface area contributed by atoms with Crippen LogP contribution in [-0.2, 0) is 47.8 Å². The Bertz CT molecular complexity index is 1030. The van der Waals surface area contributed by atoms with Crippen molar-refractivity contribution < 1.29 is 56.5 Å². The van der Waals surface area contributed by atoms with Crippen LogP contribution in [0.1, 0.15) is 83.1 Å². The molecule has 0 N–H and O–H groups in total. The number of hydrogen-bond acceptors (Lipinski definition) is 11. The van der Waals surface area contributed by atoms with Crippen LogP contribution in [0.5, 0.6) is 0 Å². The molecule has 0 aromatic rings. The maximum absolute atomic E-state index is 14.3. The summed E-state index contributed by atoms with van der Waals surface area (Å²) in [4.78, 5) is 61.0. The molecule has 11 nitrogen and oxygen atoms in total. The fraction of sp³-hybridized carbons (Fsp3) is 0.806. The largest absolute Gasteiger partial charge is 0.464 e. The van der Waals surface area contributed by atoms with Crippen molar-refractivity contribution in [3.05, 3.63) is 0 Å². The first kappa shape index (κ1) is 46.0. The van der Waals surface area contributed by atoms with E-state index in [0.29, 0.717) is 0 Å². The van der Waals surface area contributed by atoms with E-state index in [1.54, 1.807) is 83.1 Å². The molecule has 0 saturated carbocycles. The van der Waals surface area contributed by atoms with Gasteiger partial charge in [-0.1, -0.05) is 37.0 Å². The average Bonchev–Trinajstić information content (AvgIpc) is 2.91. The van der Waals surface area contributed by atoms with Crippen LogP contribution < -0.4 is 0 Å². The third kappa shape index (κ3) is 18.2. The number of aldehydes is 1. The average molecular weight is 796 g/mol. The molecule has 46 heavy (non-hydrogen) atoms. The number of carbonyl (C=O) groups excluding carboxylic acids is 5. The predicted octanol–water partition coefficient (Wildman–Crippen LogP) is 6.10. The molecule has 0 spiro atoms. The molecule has 0 aromatic heterocycles. The van der Waals surface area contributed by atoms with Crippen LogP contribution in [0.4, 0.5) is 8.78 Å². The van der Waals surface area contributed by atoms with Crippen LogP contribution in [0.15, 0.2) is 5.16 Å². The first-order valence-electron chi connectivity index (χ1n) is 14.5. The highest BCUT2D eigenvalue weighted by Gasteiger charge is 2.38. The van der Waals surface area contributed by atoms with Crippen LogP contribution in [0.25, 0.3) is 0 Å². The summed E-state index contributed by atoms with van der Waals surface area (Å²) in [7, 11) is 1.27. The summed E-state index contributed by atoms with van der Waals surface area (Å²) in [6, 6.07) is 0. The zero-order valence-corrected chi connectivity index (χ0v) is 32.2. The van der Waals surface area contributed by atoms with Gasteiger partial charge in [-0.15, -0.1) is 0 Å². The molecule has 6 atom stereocenters. The van der Waals surface area contributed by atoms with Crippen LogP contribution in [-0.4, -0.2) is 90.9 Å². The third-order valence-corrected chi connectivity index (χ3v) is 7.03. The second-order valence-electron chi connectivity index (χ2n) is 14.4. The molecule has 0 saturated heterocycles. The number of rotatable bonds is 13. The predicted molar refractivity (Wildman–Crippen MR) is 176 cm³/mol. The van der Waals surface area contributed by atoms with E-state index in [-0.39, 0.29) is 19.5 Å². The summed E-state index contributed by atoms with van der Waals surface area (Å²) in [6.07, 6.45) is -5.38. The highest BCUT2D eigenvalue weighted by atomic mass is 79.9. The zero-order chi connectivity index (χ0) is 36.8. The first-order valence-corrected chi connectivity index (χ1v) is 16.3. The van der Waals surface area contributed by atoms with Crippen molar-refractivity contribution in [3.8, 4) is 0 Å². The lowest BCUT2D eigenvalue weighted by molar-refractivity contribution is -0.164. The van der Waals surface area contributed by atoms with Gasteiger partial charge in [-0.2, -0.15) is 0 Å². The van der Waals surface area contributed by atoms with Gasteiger partial charge in [0.05, 0.1) is 37.5 Å². The molecule has 0 bridgehead atoms. The molecular formula is C31H51Br2F2NO10. The fourth-order valence-electron chi connectivity index (χ4n) is 2.49. The Morgan fingerprint density at radius 1 is 0.630 bits per heavy atom. The Morgan fingerprint density at radius 3 is 1.20 bits per heavy atom. The number of oxime groups is 1. The van der Waals surface area contributed by atoms with Gasteiger partial charge in [0.2, 0.25) is 0 Å². The minimum absolute atomic E-state index is 0.0560. The molecule has 0 unspecified atom stereocenters. The van der Waals surface area contributed by atoms with Crippen molar-refractivity contribution in [2.24, 2.45) is 26.8 Å². The molecule has 15 heteroatoms. The Hall–Kier alpha value is -2.16.